The number of ether oxygens (including phenoxy) is 1. The van der Waals surface area contributed by atoms with Gasteiger partial charge in [-0.3, -0.25) is 4.79 Å². The van der Waals surface area contributed by atoms with Crippen LogP contribution in [0.5, 0.6) is 0 Å². The number of hydrogen-bond donors (Lipinski definition) is 2. The Labute approximate surface area is 125 Å². The van der Waals surface area contributed by atoms with Gasteiger partial charge in [-0.05, 0) is 37.0 Å². The molecule has 0 radical (unpaired) electrons. The first-order chi connectivity index (χ1) is 9.56. The molecule has 0 bridgehead atoms. The molecule has 2 rings (SSSR count). The Bertz CT molecular complexity index is 514. The molecular weight excluding hydrogens is 326 g/mol. The molecule has 0 heterocycles. The van der Waals surface area contributed by atoms with Gasteiger partial charge in [0, 0.05) is 23.2 Å². The first-order valence-corrected chi connectivity index (χ1v) is 7.25. The highest BCUT2D eigenvalue weighted by atomic mass is 79.9. The Morgan fingerprint density at radius 2 is 2.00 bits per heavy atom. The summed E-state index contributed by atoms with van der Waals surface area (Å²) in [4.78, 5) is 22.8. The van der Waals surface area contributed by atoms with E-state index < -0.39 is 5.97 Å². The molecule has 20 heavy (non-hydrogen) atoms. The molecular formula is C14H16BrNO4. The zero-order valence-electron chi connectivity index (χ0n) is 10.9. The minimum atomic E-state index is -1.06. The molecule has 0 saturated heterocycles. The van der Waals surface area contributed by atoms with E-state index in [1.54, 1.807) is 6.07 Å². The van der Waals surface area contributed by atoms with Gasteiger partial charge in [0.05, 0.1) is 12.2 Å². The smallest absolute Gasteiger partial charge is 0.335 e. The standard InChI is InChI=1S/C14H16BrNO4/c15-12-6-10(5-11(7-12)14(18)19)13(17)16-3-4-20-8-9-1-2-9/h5-7,9H,1-4,8H2,(H,16,17)(H,18,19). The van der Waals surface area contributed by atoms with Crippen molar-refractivity contribution in [2.24, 2.45) is 5.92 Å². The zero-order valence-corrected chi connectivity index (χ0v) is 12.5. The molecule has 1 aliphatic rings. The van der Waals surface area contributed by atoms with Crippen molar-refractivity contribution in [2.45, 2.75) is 12.8 Å². The van der Waals surface area contributed by atoms with Gasteiger partial charge in [0.25, 0.3) is 5.91 Å². The van der Waals surface area contributed by atoms with E-state index in [1.165, 1.54) is 25.0 Å². The summed E-state index contributed by atoms with van der Waals surface area (Å²) in [6, 6.07) is 4.40. The molecule has 108 valence electrons. The second-order valence-electron chi connectivity index (χ2n) is 4.81. The van der Waals surface area contributed by atoms with E-state index in [1.807, 2.05) is 0 Å². The number of carbonyl (C=O) groups is 2. The van der Waals surface area contributed by atoms with Crippen molar-refractivity contribution in [2.75, 3.05) is 19.8 Å². The van der Waals surface area contributed by atoms with Crippen molar-refractivity contribution in [1.29, 1.82) is 0 Å². The number of hydrogen-bond acceptors (Lipinski definition) is 3. The maximum Gasteiger partial charge on any atom is 0.335 e. The van der Waals surface area contributed by atoms with E-state index in [-0.39, 0.29) is 11.5 Å². The number of nitrogens with one attached hydrogen (secondary N) is 1. The van der Waals surface area contributed by atoms with Gasteiger partial charge in [-0.2, -0.15) is 0 Å². The molecule has 1 aromatic carbocycles. The molecule has 1 aromatic rings. The van der Waals surface area contributed by atoms with Crippen molar-refractivity contribution in [3.63, 3.8) is 0 Å². The molecule has 2 N–H and O–H groups in total. The number of rotatable bonds is 7. The van der Waals surface area contributed by atoms with E-state index >= 15 is 0 Å². The summed E-state index contributed by atoms with van der Waals surface area (Å²) in [6.45, 7) is 1.65. The lowest BCUT2D eigenvalue weighted by Gasteiger charge is -2.07. The maximum atomic E-state index is 11.9. The van der Waals surface area contributed by atoms with E-state index in [4.69, 9.17) is 9.84 Å². The Balaban J connectivity index is 1.82. The molecule has 5 nitrogen and oxygen atoms in total. The first kappa shape index (κ1) is 15.0. The van der Waals surface area contributed by atoms with Gasteiger partial charge in [0.2, 0.25) is 0 Å². The normalized spacial score (nSPS) is 14.1. The molecule has 1 fully saturated rings. The van der Waals surface area contributed by atoms with Crippen molar-refractivity contribution in [3.8, 4) is 0 Å². The summed E-state index contributed by atoms with van der Waals surface area (Å²) in [5.41, 5.74) is 0.397. The predicted molar refractivity (Wildman–Crippen MR) is 77.0 cm³/mol. The third-order valence-electron chi connectivity index (χ3n) is 2.99. The average molecular weight is 342 g/mol. The Morgan fingerprint density at radius 3 is 2.65 bits per heavy atom. The molecule has 0 aromatic heterocycles. The highest BCUT2D eigenvalue weighted by Gasteiger charge is 2.20. The fourth-order valence-corrected chi connectivity index (χ4v) is 2.21. The molecule has 0 unspecified atom stereocenters. The van der Waals surface area contributed by atoms with Gasteiger partial charge >= 0.3 is 5.97 Å². The minimum absolute atomic E-state index is 0.0782. The average Bonchev–Trinajstić information content (AvgIpc) is 3.21. The van der Waals surface area contributed by atoms with Crippen LogP contribution in [-0.4, -0.2) is 36.7 Å². The molecule has 0 atom stereocenters. The van der Waals surface area contributed by atoms with Crippen LogP contribution in [0.4, 0.5) is 0 Å². The number of carbonyl (C=O) groups excluding carboxylic acids is 1. The summed E-state index contributed by atoms with van der Waals surface area (Å²) in [5.74, 6) is -0.661. The predicted octanol–water partition coefficient (Wildman–Crippen LogP) is 2.30. The van der Waals surface area contributed by atoms with Crippen molar-refractivity contribution in [3.05, 3.63) is 33.8 Å². The molecule has 0 aliphatic heterocycles. The highest BCUT2D eigenvalue weighted by molar-refractivity contribution is 9.10. The van der Waals surface area contributed by atoms with Gasteiger partial charge in [-0.1, -0.05) is 15.9 Å². The SMILES string of the molecule is O=C(O)c1cc(Br)cc(C(=O)NCCOCC2CC2)c1. The Morgan fingerprint density at radius 1 is 1.30 bits per heavy atom. The lowest BCUT2D eigenvalue weighted by atomic mass is 10.1. The summed E-state index contributed by atoms with van der Waals surface area (Å²) in [5, 5.41) is 11.7. The van der Waals surface area contributed by atoms with Crippen LogP contribution in [0.2, 0.25) is 0 Å². The van der Waals surface area contributed by atoms with Crippen molar-refractivity contribution in [1.82, 2.24) is 5.32 Å². The van der Waals surface area contributed by atoms with Crippen LogP contribution in [0, 0.1) is 5.92 Å². The molecule has 1 aliphatic carbocycles. The van der Waals surface area contributed by atoms with Gasteiger partial charge in [-0.15, -0.1) is 0 Å². The van der Waals surface area contributed by atoms with Gasteiger partial charge in [0.15, 0.2) is 0 Å². The lowest BCUT2D eigenvalue weighted by molar-refractivity contribution is 0.0697. The number of amides is 1. The Hall–Kier alpha value is -1.40. The number of carboxylic acids is 1. The molecule has 6 heteroatoms. The first-order valence-electron chi connectivity index (χ1n) is 6.46. The third kappa shape index (κ3) is 4.61. The van der Waals surface area contributed by atoms with E-state index in [9.17, 15) is 9.59 Å². The quantitative estimate of drug-likeness (QED) is 0.746. The van der Waals surface area contributed by atoms with Gasteiger partial charge < -0.3 is 15.2 Å². The van der Waals surface area contributed by atoms with Crippen LogP contribution < -0.4 is 5.32 Å². The third-order valence-corrected chi connectivity index (χ3v) is 3.45. The fourth-order valence-electron chi connectivity index (χ4n) is 1.72. The molecule has 0 spiro atoms. The van der Waals surface area contributed by atoms with Crippen LogP contribution >= 0.6 is 15.9 Å². The van der Waals surface area contributed by atoms with Crippen LogP contribution in [-0.2, 0) is 4.74 Å². The summed E-state index contributed by atoms with van der Waals surface area (Å²) < 4.78 is 5.97. The van der Waals surface area contributed by atoms with Crippen molar-refractivity contribution < 1.29 is 19.4 Å². The van der Waals surface area contributed by atoms with Crippen LogP contribution in [0.25, 0.3) is 0 Å². The van der Waals surface area contributed by atoms with E-state index in [0.717, 1.165) is 6.61 Å². The fraction of sp³-hybridized carbons (Fsp3) is 0.429. The van der Waals surface area contributed by atoms with Gasteiger partial charge in [0.1, 0.15) is 0 Å². The second-order valence-corrected chi connectivity index (χ2v) is 5.72. The number of carboxylic acid groups (broad SMARTS) is 1. The topological polar surface area (TPSA) is 75.6 Å². The molecule has 1 amide bonds. The van der Waals surface area contributed by atoms with Crippen molar-refractivity contribution >= 4 is 27.8 Å². The van der Waals surface area contributed by atoms with Gasteiger partial charge in [-0.25, -0.2) is 4.79 Å². The summed E-state index contributed by atoms with van der Waals surface area (Å²) in [7, 11) is 0. The number of benzene rings is 1. The largest absolute Gasteiger partial charge is 0.478 e. The second kappa shape index (κ2) is 6.85. The summed E-state index contributed by atoms with van der Waals surface area (Å²) >= 11 is 3.20. The van der Waals surface area contributed by atoms with E-state index in [2.05, 4.69) is 21.2 Å². The maximum absolute atomic E-state index is 11.9. The van der Waals surface area contributed by atoms with Crippen LogP contribution in [0.3, 0.4) is 0 Å². The molecule has 1 saturated carbocycles. The highest BCUT2D eigenvalue weighted by Crippen LogP contribution is 2.28. The summed E-state index contributed by atoms with van der Waals surface area (Å²) in [6.07, 6.45) is 2.48. The zero-order chi connectivity index (χ0) is 14.5. The number of aromatic carboxylic acids is 1. The van der Waals surface area contributed by atoms with Crippen LogP contribution in [0.15, 0.2) is 22.7 Å². The van der Waals surface area contributed by atoms with E-state index in [0.29, 0.717) is 29.1 Å². The Kier molecular flexibility index (Phi) is 5.14. The number of halogens is 1. The monoisotopic (exact) mass is 341 g/mol. The minimum Gasteiger partial charge on any atom is -0.478 e. The lowest BCUT2D eigenvalue weighted by Crippen LogP contribution is -2.27. The van der Waals surface area contributed by atoms with Crippen LogP contribution in [0.1, 0.15) is 33.6 Å².